The van der Waals surface area contributed by atoms with Gasteiger partial charge in [0, 0.05) is 0 Å². The number of nitrogens with zero attached hydrogens (tertiary/aromatic N) is 6. The third-order valence-electron chi connectivity index (χ3n) is 2.37. The number of hydrogen-bond donors (Lipinski definition) is 1. The molecule has 0 aromatic carbocycles. The summed E-state index contributed by atoms with van der Waals surface area (Å²) in [6.45, 7) is 0.558. The summed E-state index contributed by atoms with van der Waals surface area (Å²) < 4.78 is 1.80. The summed E-state index contributed by atoms with van der Waals surface area (Å²) in [5.74, 6) is 0.488. The minimum Gasteiger partial charge on any atom is -0.504 e. The van der Waals surface area contributed by atoms with Crippen molar-refractivity contribution in [2.24, 2.45) is 10.4 Å². The van der Waals surface area contributed by atoms with Crippen LogP contribution in [0.4, 0.5) is 0 Å². The zero-order valence-corrected chi connectivity index (χ0v) is 10.9. The Morgan fingerprint density at radius 1 is 1.44 bits per heavy atom. The van der Waals surface area contributed by atoms with Crippen LogP contribution in [0.3, 0.4) is 0 Å². The second-order valence-corrected chi connectivity index (χ2v) is 4.31. The molecular formula is C10H17N6O2+. The number of hydrogen-bond acceptors (Lipinski definition) is 6. The Bertz CT molecular complexity index is 461. The first-order chi connectivity index (χ1) is 8.50. The van der Waals surface area contributed by atoms with Crippen LogP contribution in [0.5, 0.6) is 0 Å². The van der Waals surface area contributed by atoms with Gasteiger partial charge in [0.25, 0.3) is 0 Å². The summed E-state index contributed by atoms with van der Waals surface area (Å²) in [6.07, 6.45) is 3.40. The summed E-state index contributed by atoms with van der Waals surface area (Å²) >= 11 is 0. The lowest BCUT2D eigenvalue weighted by Gasteiger charge is -2.21. The Balaban J connectivity index is 2.23. The number of allylic oxidation sites excluding steroid dienone is 1. The number of amidine groups is 1. The molecule has 0 fully saturated rings. The van der Waals surface area contributed by atoms with E-state index in [4.69, 9.17) is 4.84 Å². The van der Waals surface area contributed by atoms with Crippen LogP contribution in [-0.2, 0) is 4.84 Å². The van der Waals surface area contributed by atoms with Crippen molar-refractivity contribution in [2.75, 3.05) is 34.7 Å². The molecule has 0 unspecified atom stereocenters. The van der Waals surface area contributed by atoms with Gasteiger partial charge in [-0.1, -0.05) is 6.08 Å². The summed E-state index contributed by atoms with van der Waals surface area (Å²) in [5.41, 5.74) is 0. The largest absolute Gasteiger partial charge is 0.504 e. The van der Waals surface area contributed by atoms with E-state index in [9.17, 15) is 5.11 Å². The first-order valence-electron chi connectivity index (χ1n) is 5.49. The predicted molar refractivity (Wildman–Crippen MR) is 64.1 cm³/mol. The molecule has 18 heavy (non-hydrogen) atoms. The minimum atomic E-state index is 0.0723. The third kappa shape index (κ3) is 2.08. The van der Waals surface area contributed by atoms with Crippen molar-refractivity contribution in [2.45, 2.75) is 0 Å². The van der Waals surface area contributed by atoms with Gasteiger partial charge in [-0.25, -0.2) is 14.5 Å². The molecule has 0 spiro atoms. The van der Waals surface area contributed by atoms with Crippen molar-refractivity contribution in [3.8, 4) is 0 Å². The molecule has 2 rings (SSSR count). The molecule has 0 aliphatic carbocycles. The molecule has 2 heterocycles. The number of fused-ring (bicyclic) bond motifs is 1. The number of aliphatic hydroxyl groups excluding tert-OH is 1. The zero-order valence-electron chi connectivity index (χ0n) is 10.9. The maximum atomic E-state index is 9.81. The summed E-state index contributed by atoms with van der Waals surface area (Å²) in [4.78, 5) is 7.42. The standard InChI is InChI=1S/C10H16N6O2/c1-13(2)10(14(3)4)18-16-9-8(17)6-5-7-15(9)11-12-16/h5-6H,7H2,1-4H3/p+1. The maximum Gasteiger partial charge on any atom is 0.472 e. The Hall–Kier alpha value is -2.25. The molecular weight excluding hydrogens is 236 g/mol. The van der Waals surface area contributed by atoms with E-state index in [1.807, 2.05) is 28.2 Å². The first-order valence-corrected chi connectivity index (χ1v) is 5.49. The van der Waals surface area contributed by atoms with Crippen molar-refractivity contribution in [1.82, 2.24) is 15.1 Å². The van der Waals surface area contributed by atoms with Crippen LogP contribution in [0.25, 0.3) is 0 Å². The van der Waals surface area contributed by atoms with Gasteiger partial charge in [0.1, 0.15) is 0 Å². The fraction of sp³-hybridized carbons (Fsp3) is 0.500. The van der Waals surface area contributed by atoms with Gasteiger partial charge in [-0.2, -0.15) is 0 Å². The molecule has 0 bridgehead atoms. The van der Waals surface area contributed by atoms with E-state index in [1.54, 1.807) is 26.6 Å². The summed E-state index contributed by atoms with van der Waals surface area (Å²) in [6, 6.07) is 0.575. The fourth-order valence-electron chi connectivity index (χ4n) is 1.66. The quantitative estimate of drug-likeness (QED) is 0.414. The van der Waals surface area contributed by atoms with Gasteiger partial charge in [-0.15, -0.1) is 0 Å². The van der Waals surface area contributed by atoms with E-state index in [0.717, 1.165) is 0 Å². The Labute approximate surface area is 105 Å². The molecule has 8 nitrogen and oxygen atoms in total. The second kappa shape index (κ2) is 4.55. The van der Waals surface area contributed by atoms with E-state index < -0.39 is 0 Å². The van der Waals surface area contributed by atoms with Crippen molar-refractivity contribution in [3.63, 3.8) is 0 Å². The molecule has 2 aliphatic rings. The molecule has 0 atom stereocenters. The van der Waals surface area contributed by atoms with Crippen LogP contribution in [0.15, 0.2) is 34.2 Å². The monoisotopic (exact) mass is 253 g/mol. The molecule has 2 aliphatic heterocycles. The SMILES string of the molecule is CN(C)C(ON1N=NN2CC=CC(O)=C21)=[N+](C)C. The van der Waals surface area contributed by atoms with Crippen LogP contribution in [0, 0.1) is 0 Å². The molecule has 8 heteroatoms. The van der Waals surface area contributed by atoms with Gasteiger partial charge in [0.05, 0.1) is 34.7 Å². The van der Waals surface area contributed by atoms with Crippen LogP contribution in [0.2, 0.25) is 0 Å². The van der Waals surface area contributed by atoms with Crippen molar-refractivity contribution in [3.05, 3.63) is 23.7 Å². The molecule has 0 aromatic heterocycles. The van der Waals surface area contributed by atoms with E-state index in [1.165, 1.54) is 5.17 Å². The van der Waals surface area contributed by atoms with E-state index in [0.29, 0.717) is 18.4 Å². The van der Waals surface area contributed by atoms with E-state index in [-0.39, 0.29) is 5.76 Å². The van der Waals surface area contributed by atoms with Crippen molar-refractivity contribution < 1.29 is 14.5 Å². The summed E-state index contributed by atoms with van der Waals surface area (Å²) in [5, 5.41) is 20.3. The van der Waals surface area contributed by atoms with E-state index >= 15 is 0 Å². The highest BCUT2D eigenvalue weighted by atomic mass is 16.7. The second-order valence-electron chi connectivity index (χ2n) is 4.31. The molecule has 0 saturated heterocycles. The van der Waals surface area contributed by atoms with Gasteiger partial charge >= 0.3 is 6.02 Å². The fourth-order valence-corrected chi connectivity index (χ4v) is 1.66. The lowest BCUT2D eigenvalue weighted by atomic mass is 10.3. The topological polar surface area (TPSA) is 66.9 Å². The third-order valence-corrected chi connectivity index (χ3v) is 2.37. The van der Waals surface area contributed by atoms with Gasteiger partial charge < -0.3 is 5.11 Å². The smallest absolute Gasteiger partial charge is 0.472 e. The predicted octanol–water partition coefficient (Wildman–Crippen LogP) is 0.304. The van der Waals surface area contributed by atoms with E-state index in [2.05, 4.69) is 10.4 Å². The van der Waals surface area contributed by atoms with Crippen LogP contribution in [-0.4, -0.2) is 65.5 Å². The maximum absolute atomic E-state index is 9.81. The minimum absolute atomic E-state index is 0.0723. The molecule has 0 saturated carbocycles. The Kier molecular flexibility index (Phi) is 3.09. The summed E-state index contributed by atoms with van der Waals surface area (Å²) in [7, 11) is 7.43. The normalized spacial score (nSPS) is 17.1. The van der Waals surface area contributed by atoms with Crippen LogP contribution < -0.4 is 0 Å². The number of rotatable bonds is 1. The highest BCUT2D eigenvalue weighted by Gasteiger charge is 2.33. The lowest BCUT2D eigenvalue weighted by Crippen LogP contribution is -2.38. The average Bonchev–Trinajstić information content (AvgIpc) is 2.69. The van der Waals surface area contributed by atoms with Gasteiger partial charge in [0.15, 0.2) is 5.76 Å². The first kappa shape index (κ1) is 12.2. The van der Waals surface area contributed by atoms with Gasteiger partial charge in [0.2, 0.25) is 5.82 Å². The Morgan fingerprint density at radius 2 is 2.17 bits per heavy atom. The number of hydroxylamine groups is 1. The zero-order chi connectivity index (χ0) is 13.3. The Morgan fingerprint density at radius 3 is 2.78 bits per heavy atom. The lowest BCUT2D eigenvalue weighted by molar-refractivity contribution is -0.485. The molecule has 0 amide bonds. The van der Waals surface area contributed by atoms with Gasteiger partial charge in [-0.3, -0.25) is 4.84 Å². The van der Waals surface area contributed by atoms with Crippen molar-refractivity contribution in [1.29, 1.82) is 0 Å². The van der Waals surface area contributed by atoms with Gasteiger partial charge in [-0.05, 0) is 21.7 Å². The molecule has 98 valence electrons. The average molecular weight is 253 g/mol. The van der Waals surface area contributed by atoms with Crippen LogP contribution >= 0.6 is 0 Å². The molecule has 1 N–H and O–H groups in total. The van der Waals surface area contributed by atoms with Crippen molar-refractivity contribution >= 4 is 6.02 Å². The number of aliphatic hydroxyl groups is 1. The highest BCUT2D eigenvalue weighted by Crippen LogP contribution is 2.26. The van der Waals surface area contributed by atoms with Crippen LogP contribution in [0.1, 0.15) is 0 Å². The molecule has 0 aromatic rings. The highest BCUT2D eigenvalue weighted by molar-refractivity contribution is 5.67. The molecule has 0 radical (unpaired) electrons.